The van der Waals surface area contributed by atoms with Crippen LogP contribution in [0.1, 0.15) is 17.5 Å². The summed E-state index contributed by atoms with van der Waals surface area (Å²) in [6.07, 6.45) is 5.25. The Kier molecular flexibility index (Phi) is 7.90. The van der Waals surface area contributed by atoms with Crippen LogP contribution in [0, 0.1) is 0 Å². The van der Waals surface area contributed by atoms with Gasteiger partial charge in [-0.1, -0.05) is 65.0 Å². The third-order valence-electron chi connectivity index (χ3n) is 5.66. The first kappa shape index (κ1) is 25.1. The fraction of sp³-hybridized carbons (Fsp3) is 0.200. The molecule has 0 bridgehead atoms. The Morgan fingerprint density at radius 1 is 1.15 bits per heavy atom. The summed E-state index contributed by atoms with van der Waals surface area (Å²) in [5, 5.41) is 4.93. The first-order chi connectivity index (χ1) is 16.0. The molecule has 2 aromatic carbocycles. The zero-order valence-electron chi connectivity index (χ0n) is 18.7. The van der Waals surface area contributed by atoms with E-state index >= 15 is 0 Å². The molecule has 5 rings (SSSR count). The second-order valence-corrected chi connectivity index (χ2v) is 11.1. The Hall–Kier alpha value is -2.03. The predicted molar refractivity (Wildman–Crippen MR) is 141 cm³/mol. The van der Waals surface area contributed by atoms with E-state index in [1.54, 1.807) is 34.4 Å². The lowest BCUT2D eigenvalue weighted by molar-refractivity contribution is -0.693. The molecule has 34 heavy (non-hydrogen) atoms. The van der Waals surface area contributed by atoms with E-state index in [1.165, 1.54) is 5.56 Å². The van der Waals surface area contributed by atoms with E-state index in [0.29, 0.717) is 11.6 Å². The highest BCUT2D eigenvalue weighted by Gasteiger charge is 2.25. The van der Waals surface area contributed by atoms with E-state index < -0.39 is 0 Å². The average molecular weight is 549 g/mol. The summed E-state index contributed by atoms with van der Waals surface area (Å²) in [6, 6.07) is 16.4. The van der Waals surface area contributed by atoms with Crippen molar-refractivity contribution in [2.45, 2.75) is 31.3 Å². The van der Waals surface area contributed by atoms with E-state index in [2.05, 4.69) is 51.4 Å². The van der Waals surface area contributed by atoms with E-state index in [-0.39, 0.29) is 18.0 Å². The number of benzene rings is 2. The van der Waals surface area contributed by atoms with Crippen molar-refractivity contribution in [1.82, 2.24) is 4.57 Å². The van der Waals surface area contributed by atoms with Crippen LogP contribution in [0.15, 0.2) is 69.8 Å². The first-order valence-electron chi connectivity index (χ1n) is 10.7. The number of rotatable bonds is 5. The van der Waals surface area contributed by atoms with Gasteiger partial charge in [-0.3, -0.25) is 9.36 Å². The van der Waals surface area contributed by atoms with Gasteiger partial charge in [0.15, 0.2) is 12.7 Å². The van der Waals surface area contributed by atoms with Crippen molar-refractivity contribution in [2.24, 2.45) is 0 Å². The Bertz CT molecular complexity index is 1490. The van der Waals surface area contributed by atoms with E-state index in [4.69, 9.17) is 11.6 Å². The molecule has 0 unspecified atom stereocenters. The Morgan fingerprint density at radius 2 is 1.94 bits per heavy atom. The molecule has 1 aliphatic rings. The van der Waals surface area contributed by atoms with Crippen molar-refractivity contribution in [3.05, 3.63) is 95.3 Å². The van der Waals surface area contributed by atoms with Gasteiger partial charge in [-0.15, -0.1) is 11.3 Å². The number of aromatic nitrogens is 2. The van der Waals surface area contributed by atoms with E-state index in [1.807, 2.05) is 42.8 Å². The molecule has 0 radical (unpaired) electrons. The van der Waals surface area contributed by atoms with Crippen LogP contribution in [0.25, 0.3) is 11.1 Å². The molecule has 176 valence electrons. The molecule has 0 atom stereocenters. The van der Waals surface area contributed by atoms with Gasteiger partial charge in [-0.25, -0.2) is 0 Å². The summed E-state index contributed by atoms with van der Waals surface area (Å²) >= 11 is 11.1. The highest BCUT2D eigenvalue weighted by molar-refractivity contribution is 8.08. The molecule has 3 heterocycles. The molecular formula is C25H23Cl2N3OS3. The molecule has 0 amide bonds. The third-order valence-corrected chi connectivity index (χ3v) is 9.21. The predicted octanol–water partition coefficient (Wildman–Crippen LogP) is 1.32. The Balaban J connectivity index is 0.00000274. The summed E-state index contributed by atoms with van der Waals surface area (Å²) in [7, 11) is 2.01. The molecule has 9 heteroatoms. The van der Waals surface area contributed by atoms with Gasteiger partial charge in [0, 0.05) is 29.9 Å². The molecule has 1 aliphatic heterocycles. The minimum absolute atomic E-state index is 0. The number of anilines is 1. The van der Waals surface area contributed by atoms with Crippen LogP contribution in [0.3, 0.4) is 0 Å². The maximum atomic E-state index is 13.4. The number of hydrogen-bond donors (Lipinski definition) is 0. The summed E-state index contributed by atoms with van der Waals surface area (Å²) in [6.45, 7) is 3.56. The normalized spacial score (nSPS) is 14.9. The monoisotopic (exact) mass is 547 g/mol. The van der Waals surface area contributed by atoms with Gasteiger partial charge in [-0.05, 0) is 30.7 Å². The van der Waals surface area contributed by atoms with Crippen molar-refractivity contribution >= 4 is 62.8 Å². The van der Waals surface area contributed by atoms with Gasteiger partial charge in [0.05, 0.1) is 17.1 Å². The second kappa shape index (κ2) is 10.7. The first-order valence-corrected chi connectivity index (χ1v) is 13.6. The number of thioether (sulfide) groups is 1. The molecule has 0 saturated heterocycles. The summed E-state index contributed by atoms with van der Waals surface area (Å²) in [4.78, 5) is 16.5. The van der Waals surface area contributed by atoms with Crippen LogP contribution >= 0.6 is 46.0 Å². The fourth-order valence-electron chi connectivity index (χ4n) is 3.91. The molecule has 2 aromatic heterocycles. The van der Waals surface area contributed by atoms with Crippen molar-refractivity contribution in [3.63, 3.8) is 0 Å². The number of aryl methyl sites for hydroxylation is 2. The van der Waals surface area contributed by atoms with Crippen LogP contribution in [0.4, 0.5) is 5.69 Å². The minimum atomic E-state index is 0. The SMILES string of the molecule is CCn1c(=O)/c(=C2\Sc3cc(Cl)ccc3N2C)s/c1=C\c1scc[n+]1CCc1ccccc1.[Cl-]. The van der Waals surface area contributed by atoms with Gasteiger partial charge < -0.3 is 17.3 Å². The number of fused-ring (bicyclic) bond motifs is 1. The van der Waals surface area contributed by atoms with Crippen LogP contribution in [-0.4, -0.2) is 11.6 Å². The lowest BCUT2D eigenvalue weighted by Crippen LogP contribution is -3.00. The third kappa shape index (κ3) is 4.86. The summed E-state index contributed by atoms with van der Waals surface area (Å²) < 4.78 is 5.89. The molecular weight excluding hydrogens is 525 g/mol. The number of hydrogen-bond acceptors (Lipinski definition) is 5. The highest BCUT2D eigenvalue weighted by atomic mass is 35.5. The smallest absolute Gasteiger partial charge is 0.271 e. The second-order valence-electron chi connectivity index (χ2n) is 7.71. The molecule has 4 aromatic rings. The zero-order valence-corrected chi connectivity index (χ0v) is 22.7. The van der Waals surface area contributed by atoms with Crippen molar-refractivity contribution in [2.75, 3.05) is 11.9 Å². The standard InChI is InChI=1S/C25H23ClN3OS3.ClH/c1-3-29-22(16-21-28(13-14-31-21)12-11-17-7-5-4-6-8-17)33-23(24(29)30)25-27(2)19-10-9-18(26)15-20(19)32-25;/h4-10,13-16H,3,11-12H2,1-2H3;1H/q+1;/p-1/b25-23+;. The summed E-state index contributed by atoms with van der Waals surface area (Å²) in [5.74, 6) is 0. The maximum absolute atomic E-state index is 13.4. The molecule has 4 nitrogen and oxygen atoms in total. The maximum Gasteiger partial charge on any atom is 0.271 e. The van der Waals surface area contributed by atoms with E-state index in [9.17, 15) is 4.79 Å². The summed E-state index contributed by atoms with van der Waals surface area (Å²) in [5.41, 5.74) is 2.47. The molecule has 0 spiro atoms. The average Bonchev–Trinajstić information content (AvgIpc) is 3.49. The topological polar surface area (TPSA) is 29.1 Å². The van der Waals surface area contributed by atoms with Crippen molar-refractivity contribution < 1.29 is 17.0 Å². The van der Waals surface area contributed by atoms with Crippen LogP contribution < -0.4 is 36.6 Å². The number of halogens is 2. The minimum Gasteiger partial charge on any atom is -1.00 e. The van der Waals surface area contributed by atoms with Crippen molar-refractivity contribution in [1.29, 1.82) is 0 Å². The number of nitrogens with zero attached hydrogens (tertiary/aromatic N) is 3. The largest absolute Gasteiger partial charge is 1.00 e. The zero-order chi connectivity index (χ0) is 22.9. The lowest BCUT2D eigenvalue weighted by atomic mass is 10.1. The lowest BCUT2D eigenvalue weighted by Gasteiger charge is -2.12. The Labute approximate surface area is 221 Å². The van der Waals surface area contributed by atoms with E-state index in [0.717, 1.165) is 42.8 Å². The van der Waals surface area contributed by atoms with Gasteiger partial charge in [-0.2, -0.15) is 4.57 Å². The molecule has 0 saturated carbocycles. The highest BCUT2D eigenvalue weighted by Crippen LogP contribution is 2.46. The van der Waals surface area contributed by atoms with Gasteiger partial charge in [0.2, 0.25) is 0 Å². The molecule has 0 aliphatic carbocycles. The van der Waals surface area contributed by atoms with Gasteiger partial charge in [0.1, 0.15) is 14.2 Å². The molecule has 0 fully saturated rings. The van der Waals surface area contributed by atoms with Crippen LogP contribution in [0.5, 0.6) is 0 Å². The fourth-order valence-corrected chi connectivity index (χ4v) is 7.53. The van der Waals surface area contributed by atoms with Gasteiger partial charge in [0.25, 0.3) is 10.6 Å². The van der Waals surface area contributed by atoms with Gasteiger partial charge >= 0.3 is 0 Å². The number of thiazole rings is 2. The van der Waals surface area contributed by atoms with Crippen molar-refractivity contribution in [3.8, 4) is 0 Å². The molecule has 0 N–H and O–H groups in total. The Morgan fingerprint density at radius 3 is 2.71 bits per heavy atom. The quantitative estimate of drug-likeness (QED) is 0.353. The van der Waals surface area contributed by atoms with Crippen LogP contribution in [-0.2, 0) is 19.5 Å². The van der Waals surface area contributed by atoms with Crippen LogP contribution in [0.2, 0.25) is 5.02 Å².